The summed E-state index contributed by atoms with van der Waals surface area (Å²) in [5.41, 5.74) is 9.51. The second-order valence-electron chi connectivity index (χ2n) is 16.1. The van der Waals surface area contributed by atoms with Crippen molar-refractivity contribution >= 4 is 0 Å². The van der Waals surface area contributed by atoms with E-state index in [-0.39, 0.29) is 0 Å². The van der Waals surface area contributed by atoms with Gasteiger partial charge < -0.3 is 9.84 Å². The normalized spacial score (nSPS) is 17.8. The highest BCUT2D eigenvalue weighted by atomic mass is 16.5. The highest BCUT2D eigenvalue weighted by Gasteiger charge is 2.23. The Kier molecular flexibility index (Phi) is 14.9. The van der Waals surface area contributed by atoms with Crippen molar-refractivity contribution in [1.82, 2.24) is 0 Å². The molecule has 0 heterocycles. The topological polar surface area (TPSA) is 29.5 Å². The van der Waals surface area contributed by atoms with E-state index >= 15 is 0 Å². The fraction of sp³-hybridized carbons (Fsp3) is 0.276. The molecule has 0 radical (unpaired) electrons. The molecule has 0 amide bonds. The molecule has 0 unspecified atom stereocenters. The van der Waals surface area contributed by atoms with Crippen LogP contribution in [0.2, 0.25) is 0 Å². The van der Waals surface area contributed by atoms with Gasteiger partial charge in [-0.2, -0.15) is 0 Å². The average Bonchev–Trinajstić information content (AvgIpc) is 3.30. The van der Waals surface area contributed by atoms with Crippen LogP contribution in [0.5, 0.6) is 11.5 Å². The SMILES string of the molecule is C#CC#CC#CC#COc1ccc(C2CCC(CCc3ccc(C#Cc4cccc(C#Cc5ccc(CCC6CCC(c7ccc(O)cc7)CC6)cc5)c4)cc3)CC2)cc1. The zero-order chi connectivity index (χ0) is 41.2. The van der Waals surface area contributed by atoms with Crippen molar-refractivity contribution in [2.45, 2.75) is 88.9 Å². The molecule has 2 saturated carbocycles. The first-order valence-electron chi connectivity index (χ1n) is 21.4. The summed E-state index contributed by atoms with van der Waals surface area (Å²) in [4.78, 5) is 0. The lowest BCUT2D eigenvalue weighted by Gasteiger charge is -2.29. The first kappa shape index (κ1) is 41.2. The Morgan fingerprint density at radius 2 is 0.933 bits per heavy atom. The highest BCUT2D eigenvalue weighted by molar-refractivity contribution is 5.50. The fourth-order valence-corrected chi connectivity index (χ4v) is 8.58. The minimum absolute atomic E-state index is 0.350. The van der Waals surface area contributed by atoms with Crippen molar-refractivity contribution in [3.63, 3.8) is 0 Å². The van der Waals surface area contributed by atoms with E-state index < -0.39 is 0 Å². The molecule has 0 bridgehead atoms. The Labute approximate surface area is 358 Å². The Balaban J connectivity index is 0.812. The van der Waals surface area contributed by atoms with Gasteiger partial charge in [-0.05, 0) is 207 Å². The molecule has 7 rings (SSSR count). The average molecular weight is 779 g/mol. The molecule has 5 aromatic carbocycles. The van der Waals surface area contributed by atoms with Crippen LogP contribution in [0.15, 0.2) is 121 Å². The van der Waals surface area contributed by atoms with Gasteiger partial charge in [0.15, 0.2) is 0 Å². The van der Waals surface area contributed by atoms with Crippen LogP contribution in [0.1, 0.15) is 121 Å². The number of benzene rings is 5. The lowest BCUT2D eigenvalue weighted by molar-refractivity contribution is 0.310. The third kappa shape index (κ3) is 12.8. The Morgan fingerprint density at radius 1 is 0.483 bits per heavy atom. The van der Waals surface area contributed by atoms with E-state index in [0.29, 0.717) is 23.3 Å². The number of phenols is 1. The third-order valence-electron chi connectivity index (χ3n) is 12.1. The third-order valence-corrected chi connectivity index (χ3v) is 12.1. The summed E-state index contributed by atoms with van der Waals surface area (Å²) in [6.45, 7) is 0. The van der Waals surface area contributed by atoms with Crippen molar-refractivity contribution in [3.8, 4) is 83.2 Å². The standard InChI is InChI=1S/C58H50O2/c1-2-3-4-5-6-7-43-60-58-41-37-56(38-42-58)54-33-29-50(30-34-54)22-20-46-13-17-48(18-14-46)24-26-52-10-8-9-51(44-52)25-23-47-15-11-45(12-16-47)19-21-49-27-31-53(32-28-49)55-35-39-57(59)40-36-55/h1,8-18,35-42,44,49-50,53-54,59H,19-22,27-34H2. The molecule has 0 saturated heterocycles. The minimum Gasteiger partial charge on any atom is -0.508 e. The van der Waals surface area contributed by atoms with Crippen molar-refractivity contribution in [2.24, 2.45) is 11.8 Å². The number of aromatic hydroxyl groups is 1. The summed E-state index contributed by atoms with van der Waals surface area (Å²) in [7, 11) is 0. The molecule has 1 N–H and O–H groups in total. The minimum atomic E-state index is 0.350. The van der Waals surface area contributed by atoms with Gasteiger partial charge >= 0.3 is 0 Å². The molecule has 2 heteroatoms. The van der Waals surface area contributed by atoms with Crippen molar-refractivity contribution in [3.05, 3.63) is 166 Å². The lowest BCUT2D eigenvalue weighted by Crippen LogP contribution is -2.14. The van der Waals surface area contributed by atoms with Crippen LogP contribution in [0.25, 0.3) is 0 Å². The van der Waals surface area contributed by atoms with Crippen LogP contribution >= 0.6 is 0 Å². The highest BCUT2D eigenvalue weighted by Crippen LogP contribution is 2.39. The first-order valence-corrected chi connectivity index (χ1v) is 21.4. The number of hydrogen-bond donors (Lipinski definition) is 1. The van der Waals surface area contributed by atoms with Crippen LogP contribution in [-0.4, -0.2) is 5.11 Å². The van der Waals surface area contributed by atoms with E-state index in [1.54, 1.807) is 0 Å². The molecule has 2 nitrogen and oxygen atoms in total. The second-order valence-corrected chi connectivity index (χ2v) is 16.1. The molecule has 2 aliphatic rings. The number of phenolic OH excluding ortho intramolecular Hbond substituents is 1. The summed E-state index contributed by atoms with van der Waals surface area (Å²) in [6.07, 6.45) is 22.4. The number of hydrogen-bond acceptors (Lipinski definition) is 2. The van der Waals surface area contributed by atoms with E-state index in [1.807, 2.05) is 30.3 Å². The number of aryl methyl sites for hydroxylation is 2. The Bertz CT molecular complexity index is 2550. The second kappa shape index (κ2) is 21.7. The molecule has 0 aliphatic heterocycles. The molecule has 294 valence electrons. The van der Waals surface area contributed by atoms with Gasteiger partial charge in [0.05, 0.1) is 0 Å². The zero-order valence-electron chi connectivity index (χ0n) is 34.3. The van der Waals surface area contributed by atoms with E-state index in [9.17, 15) is 5.11 Å². The van der Waals surface area contributed by atoms with Crippen LogP contribution in [0.3, 0.4) is 0 Å². The Hall–Kier alpha value is -6.94. The predicted octanol–water partition coefficient (Wildman–Crippen LogP) is 12.0. The number of rotatable bonds is 9. The van der Waals surface area contributed by atoms with Crippen LogP contribution in [0.4, 0.5) is 0 Å². The Morgan fingerprint density at radius 3 is 1.43 bits per heavy atom. The van der Waals surface area contributed by atoms with Gasteiger partial charge in [-0.25, -0.2) is 0 Å². The van der Waals surface area contributed by atoms with Gasteiger partial charge in [0.2, 0.25) is 0 Å². The monoisotopic (exact) mass is 778 g/mol. The van der Waals surface area contributed by atoms with Gasteiger partial charge in [-0.3, -0.25) is 0 Å². The zero-order valence-corrected chi connectivity index (χ0v) is 34.3. The summed E-state index contributed by atoms with van der Waals surface area (Å²) < 4.78 is 5.47. The molecule has 2 aliphatic carbocycles. The number of ether oxygens (including phenoxy) is 1. The van der Waals surface area contributed by atoms with Crippen molar-refractivity contribution < 1.29 is 9.84 Å². The fourth-order valence-electron chi connectivity index (χ4n) is 8.58. The van der Waals surface area contributed by atoms with Gasteiger partial charge in [-0.15, -0.1) is 6.42 Å². The van der Waals surface area contributed by atoms with E-state index in [4.69, 9.17) is 11.2 Å². The van der Waals surface area contributed by atoms with Crippen molar-refractivity contribution in [2.75, 3.05) is 0 Å². The maximum absolute atomic E-state index is 9.60. The van der Waals surface area contributed by atoms with Crippen LogP contribution < -0.4 is 4.74 Å². The predicted molar refractivity (Wildman–Crippen MR) is 245 cm³/mol. The van der Waals surface area contributed by atoms with E-state index in [0.717, 1.165) is 46.9 Å². The molecule has 0 aromatic heterocycles. The molecular formula is C58H50O2. The van der Waals surface area contributed by atoms with Crippen LogP contribution in [-0.2, 0) is 12.8 Å². The van der Waals surface area contributed by atoms with Crippen molar-refractivity contribution in [1.29, 1.82) is 0 Å². The lowest BCUT2D eigenvalue weighted by atomic mass is 9.77. The van der Waals surface area contributed by atoms with Gasteiger partial charge in [0, 0.05) is 40.0 Å². The number of terminal acetylenes is 1. The van der Waals surface area contributed by atoms with Crippen LogP contribution in [0, 0.1) is 83.6 Å². The summed E-state index contributed by atoms with van der Waals surface area (Å²) in [6, 6.07) is 41.9. The maximum Gasteiger partial charge on any atom is 0.140 e. The molecular weight excluding hydrogens is 729 g/mol. The maximum atomic E-state index is 9.60. The van der Waals surface area contributed by atoms with Gasteiger partial charge in [-0.1, -0.05) is 78.3 Å². The molecule has 0 atom stereocenters. The first-order chi connectivity index (χ1) is 29.6. The van der Waals surface area contributed by atoms with E-state index in [2.05, 4.69) is 156 Å². The largest absolute Gasteiger partial charge is 0.508 e. The van der Waals surface area contributed by atoms with Gasteiger partial charge in [0.1, 0.15) is 17.6 Å². The van der Waals surface area contributed by atoms with E-state index in [1.165, 1.54) is 86.5 Å². The summed E-state index contributed by atoms with van der Waals surface area (Å²) >= 11 is 0. The summed E-state index contributed by atoms with van der Waals surface area (Å²) in [5.74, 6) is 32.2. The van der Waals surface area contributed by atoms with Gasteiger partial charge in [0.25, 0.3) is 0 Å². The quantitative estimate of drug-likeness (QED) is 0.151. The molecule has 2 fully saturated rings. The molecule has 5 aromatic rings. The smallest absolute Gasteiger partial charge is 0.140 e. The molecule has 60 heavy (non-hydrogen) atoms. The summed E-state index contributed by atoms with van der Waals surface area (Å²) in [5, 5.41) is 9.60. The molecule has 0 spiro atoms.